The molecule has 0 atom stereocenters. The van der Waals surface area contributed by atoms with Crippen molar-refractivity contribution >= 4 is 15.7 Å². The smallest absolute Gasteiger partial charge is 0.312 e. The first-order valence-electron chi connectivity index (χ1n) is 5.53. The lowest BCUT2D eigenvalue weighted by atomic mass is 10.3. The summed E-state index contributed by atoms with van der Waals surface area (Å²) in [7, 11) is -3.15. The second-order valence-corrected chi connectivity index (χ2v) is 5.74. The van der Waals surface area contributed by atoms with Crippen LogP contribution in [-0.2, 0) is 10.0 Å². The Labute approximate surface area is 119 Å². The molecule has 0 amide bonds. The second kappa shape index (κ2) is 6.28. The van der Waals surface area contributed by atoms with E-state index in [-0.39, 0.29) is 5.75 Å². The molecule has 0 unspecified atom stereocenters. The Balaban J connectivity index is 3.09. The molecule has 1 aromatic carbocycles. The van der Waals surface area contributed by atoms with Gasteiger partial charge in [-0.15, -0.1) is 0 Å². The normalized spacial score (nSPS) is 12.2. The summed E-state index contributed by atoms with van der Waals surface area (Å²) < 4.78 is 55.9. The summed E-state index contributed by atoms with van der Waals surface area (Å²) >= 11 is 0. The van der Waals surface area contributed by atoms with Gasteiger partial charge in [-0.2, -0.15) is 0 Å². The Morgan fingerprint density at radius 1 is 1.48 bits per heavy atom. The SMILES string of the molecule is COc1ccc(S(=O)(=O)NCC(F)(F)CN)cc1[N+](=O)[O-]. The van der Waals surface area contributed by atoms with Crippen molar-refractivity contribution in [2.45, 2.75) is 10.8 Å². The fraction of sp³-hybridized carbons (Fsp3) is 0.400. The van der Waals surface area contributed by atoms with Crippen LogP contribution in [0.15, 0.2) is 23.1 Å². The lowest BCUT2D eigenvalue weighted by Gasteiger charge is -2.14. The number of benzene rings is 1. The number of hydrogen-bond acceptors (Lipinski definition) is 6. The topological polar surface area (TPSA) is 125 Å². The molecule has 0 aromatic heterocycles. The highest BCUT2D eigenvalue weighted by Gasteiger charge is 2.30. The third-order valence-electron chi connectivity index (χ3n) is 2.48. The Morgan fingerprint density at radius 3 is 2.57 bits per heavy atom. The summed E-state index contributed by atoms with van der Waals surface area (Å²) in [5.41, 5.74) is 4.19. The maximum absolute atomic E-state index is 12.9. The largest absolute Gasteiger partial charge is 0.490 e. The summed E-state index contributed by atoms with van der Waals surface area (Å²) in [5, 5.41) is 10.8. The Bertz CT molecular complexity index is 636. The first-order chi connectivity index (χ1) is 9.63. The van der Waals surface area contributed by atoms with E-state index in [1.165, 1.54) is 7.11 Å². The monoisotopic (exact) mass is 325 g/mol. The van der Waals surface area contributed by atoms with Crippen LogP contribution in [0, 0.1) is 10.1 Å². The van der Waals surface area contributed by atoms with Gasteiger partial charge in [-0.3, -0.25) is 10.1 Å². The fourth-order valence-corrected chi connectivity index (χ4v) is 2.42. The van der Waals surface area contributed by atoms with E-state index in [4.69, 9.17) is 10.5 Å². The van der Waals surface area contributed by atoms with Gasteiger partial charge >= 0.3 is 5.69 Å². The van der Waals surface area contributed by atoms with E-state index in [0.717, 1.165) is 18.2 Å². The quantitative estimate of drug-likeness (QED) is 0.555. The van der Waals surface area contributed by atoms with E-state index in [1.807, 2.05) is 0 Å². The predicted octanol–water partition coefficient (Wildman–Crippen LogP) is 0.476. The number of rotatable bonds is 7. The number of sulfonamides is 1. The summed E-state index contributed by atoms with van der Waals surface area (Å²) in [6, 6.07) is 2.80. The zero-order valence-electron chi connectivity index (χ0n) is 10.9. The van der Waals surface area contributed by atoms with Gasteiger partial charge in [-0.05, 0) is 12.1 Å². The number of methoxy groups -OCH3 is 1. The van der Waals surface area contributed by atoms with Crippen LogP contribution in [0.5, 0.6) is 5.75 Å². The number of nitro groups is 1. The van der Waals surface area contributed by atoms with E-state index in [1.54, 1.807) is 4.72 Å². The lowest BCUT2D eigenvalue weighted by molar-refractivity contribution is -0.386. The van der Waals surface area contributed by atoms with Gasteiger partial charge in [0.25, 0.3) is 5.92 Å². The van der Waals surface area contributed by atoms with Gasteiger partial charge in [0.15, 0.2) is 5.75 Å². The molecule has 0 spiro atoms. The predicted molar refractivity (Wildman–Crippen MR) is 68.8 cm³/mol. The molecule has 0 aliphatic carbocycles. The molecular formula is C10H13F2N3O5S. The summed E-state index contributed by atoms with van der Waals surface area (Å²) in [6.45, 7) is -2.23. The molecule has 118 valence electrons. The maximum Gasteiger partial charge on any atom is 0.312 e. The maximum atomic E-state index is 12.9. The average molecular weight is 325 g/mol. The van der Waals surface area contributed by atoms with Crippen LogP contribution in [0.3, 0.4) is 0 Å². The number of alkyl halides is 2. The number of nitrogens with zero attached hydrogens (tertiary/aromatic N) is 1. The molecule has 0 radical (unpaired) electrons. The van der Waals surface area contributed by atoms with Crippen LogP contribution in [0.1, 0.15) is 0 Å². The Hall–Kier alpha value is -1.85. The summed E-state index contributed by atoms with van der Waals surface area (Å²) in [5.74, 6) is -3.56. The molecule has 0 saturated heterocycles. The molecular weight excluding hydrogens is 312 g/mol. The molecule has 0 bridgehead atoms. The first-order valence-corrected chi connectivity index (χ1v) is 7.01. The molecule has 8 nitrogen and oxygen atoms in total. The van der Waals surface area contributed by atoms with Crippen molar-refractivity contribution in [3.8, 4) is 5.75 Å². The van der Waals surface area contributed by atoms with Crippen molar-refractivity contribution in [3.05, 3.63) is 28.3 Å². The van der Waals surface area contributed by atoms with E-state index >= 15 is 0 Å². The third-order valence-corrected chi connectivity index (χ3v) is 3.88. The van der Waals surface area contributed by atoms with Crippen molar-refractivity contribution in [2.75, 3.05) is 20.2 Å². The minimum atomic E-state index is -4.33. The standard InChI is InChI=1S/C10H13F2N3O5S/c1-20-9-3-2-7(4-8(9)15(16)17)21(18,19)14-6-10(11,12)5-13/h2-4,14H,5-6,13H2,1H3. The molecule has 21 heavy (non-hydrogen) atoms. The number of nitrogens with one attached hydrogen (secondary N) is 1. The molecule has 0 saturated carbocycles. The number of nitro benzene ring substituents is 1. The van der Waals surface area contributed by atoms with Crippen molar-refractivity contribution in [1.82, 2.24) is 4.72 Å². The van der Waals surface area contributed by atoms with Gasteiger partial charge in [0.2, 0.25) is 10.0 Å². The van der Waals surface area contributed by atoms with E-state index in [2.05, 4.69) is 0 Å². The van der Waals surface area contributed by atoms with Crippen molar-refractivity contribution in [3.63, 3.8) is 0 Å². The lowest BCUT2D eigenvalue weighted by Crippen LogP contribution is -2.41. The van der Waals surface area contributed by atoms with Crippen LogP contribution in [0.2, 0.25) is 0 Å². The molecule has 1 aromatic rings. The zero-order chi connectivity index (χ0) is 16.3. The fourth-order valence-electron chi connectivity index (χ4n) is 1.34. The van der Waals surface area contributed by atoms with E-state index < -0.39 is 44.5 Å². The molecule has 3 N–H and O–H groups in total. The van der Waals surface area contributed by atoms with Crippen molar-refractivity contribution in [1.29, 1.82) is 0 Å². The van der Waals surface area contributed by atoms with Crippen LogP contribution >= 0.6 is 0 Å². The van der Waals surface area contributed by atoms with Gasteiger partial charge in [-0.25, -0.2) is 21.9 Å². The molecule has 0 aliphatic rings. The van der Waals surface area contributed by atoms with Gasteiger partial charge < -0.3 is 10.5 Å². The molecule has 0 heterocycles. The molecule has 1 rings (SSSR count). The van der Waals surface area contributed by atoms with Crippen molar-refractivity contribution < 1.29 is 26.9 Å². The number of ether oxygens (including phenoxy) is 1. The summed E-state index contributed by atoms with van der Waals surface area (Å²) in [4.78, 5) is 9.43. The summed E-state index contributed by atoms with van der Waals surface area (Å²) in [6.07, 6.45) is 0. The highest BCUT2D eigenvalue weighted by atomic mass is 32.2. The molecule has 11 heteroatoms. The number of hydrogen-bond donors (Lipinski definition) is 2. The van der Waals surface area contributed by atoms with Crippen LogP contribution in [0.25, 0.3) is 0 Å². The van der Waals surface area contributed by atoms with Crippen molar-refractivity contribution in [2.24, 2.45) is 5.73 Å². The highest BCUT2D eigenvalue weighted by Crippen LogP contribution is 2.29. The average Bonchev–Trinajstić information content (AvgIpc) is 2.44. The first kappa shape index (κ1) is 17.2. The second-order valence-electron chi connectivity index (χ2n) is 3.98. The molecule has 0 fully saturated rings. The van der Waals surface area contributed by atoms with E-state index in [0.29, 0.717) is 0 Å². The van der Waals surface area contributed by atoms with Gasteiger partial charge in [-0.1, -0.05) is 0 Å². The minimum absolute atomic E-state index is 0.147. The van der Waals surface area contributed by atoms with Gasteiger partial charge in [0.1, 0.15) is 0 Å². The minimum Gasteiger partial charge on any atom is -0.490 e. The highest BCUT2D eigenvalue weighted by molar-refractivity contribution is 7.89. The zero-order valence-corrected chi connectivity index (χ0v) is 11.7. The Kier molecular flexibility index (Phi) is 5.15. The third kappa shape index (κ3) is 4.31. The number of nitrogens with two attached hydrogens (primary N) is 1. The van der Waals surface area contributed by atoms with Gasteiger partial charge in [0.05, 0.1) is 30.0 Å². The Morgan fingerprint density at radius 2 is 2.10 bits per heavy atom. The van der Waals surface area contributed by atoms with Crippen LogP contribution in [0.4, 0.5) is 14.5 Å². The number of halogens is 2. The van der Waals surface area contributed by atoms with Crippen LogP contribution in [-0.4, -0.2) is 39.5 Å². The van der Waals surface area contributed by atoms with Gasteiger partial charge in [0, 0.05) is 6.07 Å². The molecule has 0 aliphatic heterocycles. The van der Waals surface area contributed by atoms with Crippen LogP contribution < -0.4 is 15.2 Å². The van der Waals surface area contributed by atoms with E-state index in [9.17, 15) is 27.3 Å².